The molecule has 432 valence electrons. The summed E-state index contributed by atoms with van der Waals surface area (Å²) in [4.78, 5) is 0. The Morgan fingerprint density at radius 2 is 0.343 bits per heavy atom. The topological polar surface area (TPSA) is 531 Å². The van der Waals surface area contributed by atoms with E-state index in [9.17, 15) is 30.6 Å². The predicted octanol–water partition coefficient (Wildman–Crippen LogP) is 3.11. The molecule has 0 atom stereocenters. The van der Waals surface area contributed by atoms with Crippen LogP contribution in [0.2, 0.25) is 0 Å². The van der Waals surface area contributed by atoms with Gasteiger partial charge in [0.05, 0.1) is 39.6 Å². The van der Waals surface area contributed by atoms with E-state index in [2.05, 4.69) is 226 Å². The standard InChI is InChI=1S/6C5H10Br2O2.3CH5N3.BH3O3/c6*1-4(2,3-8)5(6,7)9;4*2-1(3)4/h6*8-9H,3H2,1-2H3;3*(H5,2,3,4);2-4H. The molecular formula is C33H78BBr12N9O15. The number of guanidine groups is 3. The average molecular weight is 1810 g/mol. The summed E-state index contributed by atoms with van der Waals surface area (Å²) in [7, 11) is -2.17. The lowest BCUT2D eigenvalue weighted by Crippen LogP contribution is -2.36. The summed E-state index contributed by atoms with van der Waals surface area (Å²) in [5.74, 6) is -1.000. The number of nitrogens with two attached hydrogens (primary N) is 6. The van der Waals surface area contributed by atoms with Gasteiger partial charge >= 0.3 is 7.32 Å². The van der Waals surface area contributed by atoms with E-state index in [1.54, 1.807) is 83.1 Å². The van der Waals surface area contributed by atoms with Crippen LogP contribution in [0, 0.1) is 48.7 Å². The van der Waals surface area contributed by atoms with Gasteiger partial charge in [0.15, 0.2) is 38.4 Å². The lowest BCUT2D eigenvalue weighted by atomic mass is 9.96. The van der Waals surface area contributed by atoms with E-state index < -0.39 is 60.3 Å². The molecule has 0 radical (unpaired) electrons. The molecule has 0 heterocycles. The Labute approximate surface area is 513 Å². The van der Waals surface area contributed by atoms with Crippen LogP contribution >= 0.6 is 191 Å². The lowest BCUT2D eigenvalue weighted by Gasteiger charge is -2.31. The van der Waals surface area contributed by atoms with E-state index >= 15 is 0 Å². The second-order valence-corrected chi connectivity index (χ2v) is 37.4. The first-order chi connectivity index (χ1) is 29.8. The molecule has 0 aliphatic heterocycles. The molecule has 0 bridgehead atoms. The van der Waals surface area contributed by atoms with Gasteiger partial charge in [-0.05, 0) is 191 Å². The molecule has 0 saturated carbocycles. The summed E-state index contributed by atoms with van der Waals surface area (Å²) in [5.41, 5.74) is 23.4. The van der Waals surface area contributed by atoms with Crippen LogP contribution in [0.25, 0.3) is 0 Å². The number of hydrogen-bond acceptors (Lipinski definition) is 18. The van der Waals surface area contributed by atoms with Gasteiger partial charge in [-0.25, -0.2) is 0 Å². The van der Waals surface area contributed by atoms with E-state index in [0.29, 0.717) is 0 Å². The number of alkyl halides is 12. The number of hydrogen-bond donors (Lipinski definition) is 24. The van der Waals surface area contributed by atoms with Gasteiger partial charge in [-0.2, -0.15) is 0 Å². The van der Waals surface area contributed by atoms with Gasteiger partial charge in [0.2, 0.25) is 0 Å². The van der Waals surface area contributed by atoms with Crippen molar-refractivity contribution < 1.29 is 76.4 Å². The molecule has 0 fully saturated rings. The lowest BCUT2D eigenvalue weighted by molar-refractivity contribution is 0.0506. The molecule has 0 unspecified atom stereocenters. The SMILES string of the molecule is CC(C)(CO)C(O)(Br)Br.CC(C)(CO)C(O)(Br)Br.CC(C)(CO)C(O)(Br)Br.CC(C)(CO)C(O)(Br)Br.CC(C)(CO)C(O)(Br)Br.CC(C)(CO)C(O)(Br)Br.N=C(N)N.N=C(N)N.N=C(N)N.OB(O)O. The molecule has 0 aromatic rings. The van der Waals surface area contributed by atoms with Crippen molar-refractivity contribution in [1.82, 2.24) is 0 Å². The molecule has 0 aliphatic rings. The Hall–Kier alpha value is 3.03. The Kier molecular flexibility index (Phi) is 57.2. The molecule has 0 saturated heterocycles. The smallest absolute Gasteiger partial charge is 0.402 e. The fraction of sp³-hybridized carbons (Fsp3) is 0.909. The highest BCUT2D eigenvalue weighted by Gasteiger charge is 2.41. The third-order valence-corrected chi connectivity index (χ3v) is 20.1. The number of halogens is 12. The minimum Gasteiger partial charge on any atom is -0.402 e. The van der Waals surface area contributed by atoms with Crippen molar-refractivity contribution in [3.63, 3.8) is 0 Å². The normalized spacial score (nSPS) is 12.2. The second kappa shape index (κ2) is 42.0. The van der Waals surface area contributed by atoms with Gasteiger partial charge in [-0.3, -0.25) is 16.2 Å². The Morgan fingerprint density at radius 1 is 0.300 bits per heavy atom. The van der Waals surface area contributed by atoms with Crippen molar-refractivity contribution in [2.24, 2.45) is 66.9 Å². The van der Waals surface area contributed by atoms with E-state index in [1.165, 1.54) is 0 Å². The largest absolute Gasteiger partial charge is 0.631 e. The molecule has 0 aliphatic carbocycles. The molecule has 0 amide bonds. The third-order valence-electron chi connectivity index (χ3n) is 7.26. The maximum atomic E-state index is 9.22. The highest BCUT2D eigenvalue weighted by atomic mass is 79.9. The molecule has 30 N–H and O–H groups in total. The summed E-state index contributed by atoms with van der Waals surface area (Å²) in [6.07, 6.45) is 0. The summed E-state index contributed by atoms with van der Waals surface area (Å²) in [6, 6.07) is 0. The Bertz CT molecular complexity index is 1110. The quantitative estimate of drug-likeness (QED) is 0.0577. The maximum Gasteiger partial charge on any atom is 0.631 e. The summed E-state index contributed by atoms with van der Waals surface area (Å²) in [5, 5.41) is 147. The molecule has 37 heteroatoms. The highest BCUT2D eigenvalue weighted by molar-refractivity contribution is 9.26. The maximum absolute atomic E-state index is 9.22. The molecule has 0 aromatic carbocycles. The van der Waals surface area contributed by atoms with Crippen molar-refractivity contribution in [3.8, 4) is 0 Å². The first kappa shape index (κ1) is 95.4. The first-order valence-electron chi connectivity index (χ1n) is 18.4. The van der Waals surface area contributed by atoms with Crippen LogP contribution in [-0.4, -0.2) is 162 Å². The predicted molar refractivity (Wildman–Crippen MR) is 323 cm³/mol. The van der Waals surface area contributed by atoms with Crippen LogP contribution in [-0.2, 0) is 0 Å². The van der Waals surface area contributed by atoms with Crippen molar-refractivity contribution in [1.29, 1.82) is 16.2 Å². The highest BCUT2D eigenvalue weighted by Crippen LogP contribution is 2.44. The molecule has 0 rings (SSSR count). The molecule has 70 heavy (non-hydrogen) atoms. The zero-order valence-electron chi connectivity index (χ0n) is 40.5. The van der Waals surface area contributed by atoms with Crippen LogP contribution in [0.3, 0.4) is 0 Å². The minimum absolute atomic E-state index is 0.0833. The van der Waals surface area contributed by atoms with Crippen molar-refractivity contribution in [2.45, 2.75) is 104 Å². The first-order valence-corrected chi connectivity index (χ1v) is 27.9. The van der Waals surface area contributed by atoms with Gasteiger partial charge in [-0.15, -0.1) is 0 Å². The summed E-state index contributed by atoms with van der Waals surface area (Å²) >= 11 is 35.7. The van der Waals surface area contributed by atoms with Crippen LogP contribution < -0.4 is 34.4 Å². The molecule has 0 aromatic heterocycles. The van der Waals surface area contributed by atoms with Crippen LogP contribution in [0.15, 0.2) is 0 Å². The third kappa shape index (κ3) is 61.9. The number of nitrogens with one attached hydrogen (secondary N) is 3. The number of aliphatic hydroxyl groups is 12. The summed E-state index contributed by atoms with van der Waals surface area (Å²) in [6.45, 7) is 20.3. The van der Waals surface area contributed by atoms with Crippen LogP contribution in [0.1, 0.15) is 83.1 Å². The van der Waals surface area contributed by atoms with Crippen molar-refractivity contribution in [3.05, 3.63) is 0 Å². The van der Waals surface area contributed by atoms with E-state index in [0.717, 1.165) is 0 Å². The summed E-state index contributed by atoms with van der Waals surface area (Å²) < 4.78 is -7.07. The Morgan fingerprint density at radius 3 is 0.343 bits per heavy atom. The minimum atomic E-state index is -2.17. The van der Waals surface area contributed by atoms with Crippen LogP contribution in [0.4, 0.5) is 0 Å². The zero-order chi connectivity index (χ0) is 60.6. The fourth-order valence-corrected chi connectivity index (χ4v) is 2.08. The van der Waals surface area contributed by atoms with Gasteiger partial charge in [0.1, 0.15) is 0 Å². The fourth-order valence-electron chi connectivity index (χ4n) is 0.571. The molecule has 0 spiro atoms. The van der Waals surface area contributed by atoms with E-state index in [4.69, 9.17) is 61.9 Å². The number of rotatable bonds is 12. The number of aliphatic hydroxyl groups excluding tert-OH is 6. The molecule has 24 nitrogen and oxygen atoms in total. The van der Waals surface area contributed by atoms with Gasteiger partial charge in [0.25, 0.3) is 0 Å². The second-order valence-electron chi connectivity index (χ2n) is 17.2. The van der Waals surface area contributed by atoms with E-state index in [1.807, 2.05) is 0 Å². The van der Waals surface area contributed by atoms with Crippen LogP contribution in [0.5, 0.6) is 0 Å². The van der Waals surface area contributed by atoms with Crippen molar-refractivity contribution in [2.75, 3.05) is 39.6 Å². The average Bonchev–Trinajstić information content (AvgIpc) is 3.09. The monoisotopic (exact) mass is 1800 g/mol. The van der Waals surface area contributed by atoms with Gasteiger partial charge < -0.3 is 111 Å². The van der Waals surface area contributed by atoms with Gasteiger partial charge in [-0.1, -0.05) is 83.1 Å². The van der Waals surface area contributed by atoms with Crippen molar-refractivity contribution >= 4 is 216 Å². The Balaban J connectivity index is -0.0000000727. The van der Waals surface area contributed by atoms with Gasteiger partial charge in [0, 0.05) is 32.5 Å². The molecular weight excluding hydrogens is 1730 g/mol. The van der Waals surface area contributed by atoms with E-state index in [-0.39, 0.29) is 57.5 Å². The zero-order valence-corrected chi connectivity index (χ0v) is 59.6.